The minimum atomic E-state index is -0.141. The van der Waals surface area contributed by atoms with Gasteiger partial charge in [0, 0.05) is 17.0 Å². The summed E-state index contributed by atoms with van der Waals surface area (Å²) in [6.07, 6.45) is -0.141. The highest BCUT2D eigenvalue weighted by molar-refractivity contribution is 5.98. The molecule has 0 aliphatic carbocycles. The molecular weight excluding hydrogens is 380 g/mol. The Morgan fingerprint density at radius 1 is 1.17 bits per heavy atom. The molecule has 1 aromatic heterocycles. The zero-order valence-electron chi connectivity index (χ0n) is 16.9. The first kappa shape index (κ1) is 19.6. The van der Waals surface area contributed by atoms with E-state index in [1.54, 1.807) is 24.3 Å². The molecule has 2 aromatic carbocycles. The number of carbonyl (C=O) groups is 1. The van der Waals surface area contributed by atoms with Gasteiger partial charge in [0.05, 0.1) is 18.2 Å². The van der Waals surface area contributed by atoms with Crippen LogP contribution < -0.4 is 14.2 Å². The number of nitriles is 1. The molecule has 0 saturated heterocycles. The minimum Gasteiger partial charge on any atom is -0.486 e. The number of rotatable bonds is 6. The van der Waals surface area contributed by atoms with Crippen molar-refractivity contribution in [2.45, 2.75) is 26.5 Å². The summed E-state index contributed by atoms with van der Waals surface area (Å²) in [6, 6.07) is 18.3. The van der Waals surface area contributed by atoms with E-state index in [4.69, 9.17) is 19.5 Å². The maximum absolute atomic E-state index is 12.8. The summed E-state index contributed by atoms with van der Waals surface area (Å²) in [5.74, 6) is 1.88. The fraction of sp³-hybridized carbons (Fsp3) is 0.250. The smallest absolute Gasteiger partial charge is 0.202 e. The number of ether oxygens (including phenoxy) is 3. The number of aryl methyl sites for hydroxylation is 1. The third-order valence-corrected chi connectivity index (χ3v) is 5.16. The van der Waals surface area contributed by atoms with Crippen LogP contribution in [0.5, 0.6) is 17.2 Å². The number of nitrogens with zero attached hydrogens (tertiary/aromatic N) is 2. The lowest BCUT2D eigenvalue weighted by atomic mass is 10.1. The summed E-state index contributed by atoms with van der Waals surface area (Å²) in [5.41, 5.74) is 2.97. The molecule has 0 N–H and O–H groups in total. The van der Waals surface area contributed by atoms with Crippen molar-refractivity contribution in [3.05, 3.63) is 77.1 Å². The normalized spacial score (nSPS) is 14.8. The molecule has 4 rings (SSSR count). The fourth-order valence-electron chi connectivity index (χ4n) is 3.60. The Balaban J connectivity index is 1.44. The zero-order valence-corrected chi connectivity index (χ0v) is 16.9. The molecule has 6 heteroatoms. The summed E-state index contributed by atoms with van der Waals surface area (Å²) < 4.78 is 19.5. The zero-order chi connectivity index (χ0) is 21.1. The van der Waals surface area contributed by atoms with Gasteiger partial charge in [0.1, 0.15) is 12.4 Å². The monoisotopic (exact) mass is 402 g/mol. The van der Waals surface area contributed by atoms with E-state index in [9.17, 15) is 4.79 Å². The second-order valence-electron chi connectivity index (χ2n) is 7.24. The van der Waals surface area contributed by atoms with Crippen LogP contribution in [0.1, 0.15) is 27.3 Å². The number of hydrogen-bond donors (Lipinski definition) is 0. The third-order valence-electron chi connectivity index (χ3n) is 5.16. The van der Waals surface area contributed by atoms with Gasteiger partial charge in [-0.25, -0.2) is 0 Å². The molecule has 6 nitrogen and oxygen atoms in total. The molecule has 0 unspecified atom stereocenters. The van der Waals surface area contributed by atoms with Gasteiger partial charge in [0.2, 0.25) is 5.78 Å². The van der Waals surface area contributed by atoms with E-state index in [0.29, 0.717) is 30.0 Å². The summed E-state index contributed by atoms with van der Waals surface area (Å²) in [4.78, 5) is 12.8. The van der Waals surface area contributed by atoms with E-state index in [0.717, 1.165) is 22.9 Å². The lowest BCUT2D eigenvalue weighted by Crippen LogP contribution is -2.33. The Kier molecular flexibility index (Phi) is 5.44. The number of carbonyl (C=O) groups excluding carboxylic acids is 1. The van der Waals surface area contributed by atoms with Crippen LogP contribution in [-0.4, -0.2) is 29.7 Å². The van der Waals surface area contributed by atoms with Crippen LogP contribution in [0.2, 0.25) is 0 Å². The van der Waals surface area contributed by atoms with Crippen molar-refractivity contribution in [3.8, 4) is 23.3 Å². The Morgan fingerprint density at radius 3 is 2.77 bits per heavy atom. The Bertz CT molecular complexity index is 1130. The molecule has 3 aromatic rings. The predicted molar refractivity (Wildman–Crippen MR) is 111 cm³/mol. The number of fused-ring (bicyclic) bond motifs is 1. The Hall–Kier alpha value is -3.72. The second-order valence-corrected chi connectivity index (χ2v) is 7.24. The topological polar surface area (TPSA) is 73.5 Å². The summed E-state index contributed by atoms with van der Waals surface area (Å²) in [7, 11) is 0. The number of ketones is 1. The molecular formula is C24H22N2O4. The lowest BCUT2D eigenvalue weighted by molar-refractivity contribution is 0.0777. The summed E-state index contributed by atoms with van der Waals surface area (Å²) >= 11 is 0. The van der Waals surface area contributed by atoms with Crippen molar-refractivity contribution >= 4 is 5.78 Å². The molecule has 30 heavy (non-hydrogen) atoms. The first-order valence-corrected chi connectivity index (χ1v) is 9.76. The van der Waals surface area contributed by atoms with Crippen molar-refractivity contribution in [2.75, 3.05) is 13.2 Å². The van der Waals surface area contributed by atoms with Crippen LogP contribution in [0, 0.1) is 25.2 Å². The van der Waals surface area contributed by atoms with E-state index in [1.165, 1.54) is 0 Å². The van der Waals surface area contributed by atoms with Gasteiger partial charge in [-0.15, -0.1) is 0 Å². The van der Waals surface area contributed by atoms with Crippen LogP contribution in [0.15, 0.2) is 54.6 Å². The van der Waals surface area contributed by atoms with Gasteiger partial charge >= 0.3 is 0 Å². The summed E-state index contributed by atoms with van der Waals surface area (Å²) in [5, 5.41) is 8.98. The number of para-hydroxylation sites is 2. The lowest BCUT2D eigenvalue weighted by Gasteiger charge is -2.27. The SMILES string of the molecule is Cc1cc(C(=O)COc2cccc(C#N)c2)c(C)n1C[C@@H]1COc2ccccc2O1. The predicted octanol–water partition coefficient (Wildman–Crippen LogP) is 4.08. The third kappa shape index (κ3) is 4.01. The molecule has 0 fully saturated rings. The summed E-state index contributed by atoms with van der Waals surface area (Å²) in [6.45, 7) is 4.85. The maximum atomic E-state index is 12.8. The highest BCUT2D eigenvalue weighted by atomic mass is 16.6. The van der Waals surface area contributed by atoms with E-state index >= 15 is 0 Å². The van der Waals surface area contributed by atoms with Gasteiger partial charge in [-0.3, -0.25) is 4.79 Å². The van der Waals surface area contributed by atoms with Crippen molar-refractivity contribution in [1.82, 2.24) is 4.57 Å². The van der Waals surface area contributed by atoms with E-state index < -0.39 is 0 Å². The van der Waals surface area contributed by atoms with Gasteiger partial charge in [-0.05, 0) is 50.2 Å². The van der Waals surface area contributed by atoms with E-state index in [2.05, 4.69) is 10.6 Å². The van der Waals surface area contributed by atoms with Crippen LogP contribution in [0.3, 0.4) is 0 Å². The second kappa shape index (κ2) is 8.34. The standard InChI is InChI=1S/C24H22N2O4/c1-16-10-21(22(27)15-28-19-7-5-6-18(11-19)12-25)17(2)26(16)13-20-14-29-23-8-3-4-9-24(23)30-20/h3-11,20H,13-15H2,1-2H3/t20-/m1/s1. The number of hydrogen-bond acceptors (Lipinski definition) is 5. The largest absolute Gasteiger partial charge is 0.486 e. The average molecular weight is 402 g/mol. The Labute approximate surface area is 175 Å². The van der Waals surface area contributed by atoms with Crippen LogP contribution in [0.25, 0.3) is 0 Å². The van der Waals surface area contributed by atoms with Crippen molar-refractivity contribution in [2.24, 2.45) is 0 Å². The van der Waals surface area contributed by atoms with E-state index in [1.807, 2.05) is 44.2 Å². The number of aromatic nitrogens is 1. The molecule has 1 aliphatic rings. The van der Waals surface area contributed by atoms with Crippen LogP contribution in [-0.2, 0) is 6.54 Å². The first-order chi connectivity index (χ1) is 14.5. The van der Waals surface area contributed by atoms with Gasteiger partial charge in [-0.2, -0.15) is 5.26 Å². The van der Waals surface area contributed by atoms with Crippen molar-refractivity contribution in [1.29, 1.82) is 5.26 Å². The quantitative estimate of drug-likeness (QED) is 0.581. The number of Topliss-reactive ketones (excluding diaryl/α,β-unsaturated/α-hetero) is 1. The molecule has 1 atom stereocenters. The maximum Gasteiger partial charge on any atom is 0.202 e. The van der Waals surface area contributed by atoms with Gasteiger partial charge in [0.25, 0.3) is 0 Å². The molecule has 0 bridgehead atoms. The molecule has 0 radical (unpaired) electrons. The molecule has 0 spiro atoms. The molecule has 0 saturated carbocycles. The minimum absolute atomic E-state index is 0.0877. The van der Waals surface area contributed by atoms with Crippen molar-refractivity contribution < 1.29 is 19.0 Å². The van der Waals surface area contributed by atoms with E-state index in [-0.39, 0.29) is 18.5 Å². The molecule has 0 amide bonds. The van der Waals surface area contributed by atoms with Crippen molar-refractivity contribution in [3.63, 3.8) is 0 Å². The van der Waals surface area contributed by atoms with Gasteiger partial charge < -0.3 is 18.8 Å². The first-order valence-electron chi connectivity index (χ1n) is 9.76. The number of benzene rings is 2. The van der Waals surface area contributed by atoms with Crippen LogP contribution >= 0.6 is 0 Å². The van der Waals surface area contributed by atoms with Gasteiger partial charge in [0.15, 0.2) is 24.2 Å². The van der Waals surface area contributed by atoms with Crippen LogP contribution in [0.4, 0.5) is 0 Å². The fourth-order valence-corrected chi connectivity index (χ4v) is 3.60. The Morgan fingerprint density at radius 2 is 1.97 bits per heavy atom. The molecule has 1 aliphatic heterocycles. The highest BCUT2D eigenvalue weighted by Gasteiger charge is 2.24. The average Bonchev–Trinajstić information content (AvgIpc) is 3.06. The molecule has 152 valence electrons. The highest BCUT2D eigenvalue weighted by Crippen LogP contribution is 2.31. The van der Waals surface area contributed by atoms with Gasteiger partial charge in [-0.1, -0.05) is 18.2 Å². The molecule has 2 heterocycles.